The van der Waals surface area contributed by atoms with Crippen LogP contribution < -0.4 is 21.3 Å². The Labute approximate surface area is 94.5 Å². The molecule has 16 heavy (non-hydrogen) atoms. The van der Waals surface area contributed by atoms with Crippen LogP contribution in [0.5, 0.6) is 0 Å². The first-order valence-electron chi connectivity index (χ1n) is 5.79. The summed E-state index contributed by atoms with van der Waals surface area (Å²) in [6.07, 6.45) is 1.66. The maximum absolute atomic E-state index is 11.8. The van der Waals surface area contributed by atoms with E-state index in [1.807, 2.05) is 0 Å². The van der Waals surface area contributed by atoms with E-state index in [0.29, 0.717) is 13.1 Å². The Morgan fingerprint density at radius 1 is 1.31 bits per heavy atom. The van der Waals surface area contributed by atoms with Gasteiger partial charge in [0.15, 0.2) is 0 Å². The second-order valence-corrected chi connectivity index (χ2v) is 4.21. The summed E-state index contributed by atoms with van der Waals surface area (Å²) in [6, 6.07) is -0.576. The summed E-state index contributed by atoms with van der Waals surface area (Å²) in [6.45, 7) is 3.01. The van der Waals surface area contributed by atoms with Crippen molar-refractivity contribution in [1.29, 1.82) is 0 Å². The van der Waals surface area contributed by atoms with Crippen molar-refractivity contribution in [2.24, 2.45) is 0 Å². The van der Waals surface area contributed by atoms with Crippen molar-refractivity contribution in [3.8, 4) is 0 Å². The Hall–Kier alpha value is -1.14. The number of carbonyl (C=O) groups excluding carboxylic acids is 2. The molecule has 4 N–H and O–H groups in total. The normalized spacial score (nSPS) is 30.6. The van der Waals surface area contributed by atoms with Crippen LogP contribution in [0.2, 0.25) is 0 Å². The summed E-state index contributed by atoms with van der Waals surface area (Å²) < 4.78 is 0. The fourth-order valence-corrected chi connectivity index (χ4v) is 2.02. The summed E-state index contributed by atoms with van der Waals surface area (Å²) in [5.41, 5.74) is 0. The van der Waals surface area contributed by atoms with Crippen molar-refractivity contribution in [1.82, 2.24) is 21.3 Å². The van der Waals surface area contributed by atoms with Gasteiger partial charge in [0.2, 0.25) is 11.8 Å². The molecule has 2 fully saturated rings. The third-order valence-electron chi connectivity index (χ3n) is 2.96. The molecule has 0 aromatic heterocycles. The van der Waals surface area contributed by atoms with E-state index in [-0.39, 0.29) is 23.9 Å². The first-order chi connectivity index (χ1) is 7.77. The Morgan fingerprint density at radius 3 is 2.88 bits per heavy atom. The Kier molecular flexibility index (Phi) is 3.74. The molecule has 2 amide bonds. The average molecular weight is 226 g/mol. The molecule has 2 atom stereocenters. The van der Waals surface area contributed by atoms with E-state index in [1.165, 1.54) is 0 Å². The van der Waals surface area contributed by atoms with Crippen molar-refractivity contribution < 1.29 is 9.59 Å². The van der Waals surface area contributed by atoms with Crippen LogP contribution in [-0.2, 0) is 9.59 Å². The largest absolute Gasteiger partial charge is 0.354 e. The number of piperidine rings is 1. The Balaban J connectivity index is 1.83. The topological polar surface area (TPSA) is 82.3 Å². The third kappa shape index (κ3) is 2.70. The maximum atomic E-state index is 11.8. The lowest BCUT2D eigenvalue weighted by Gasteiger charge is -2.27. The van der Waals surface area contributed by atoms with E-state index in [1.54, 1.807) is 0 Å². The smallest absolute Gasteiger partial charge is 0.242 e. The van der Waals surface area contributed by atoms with Gasteiger partial charge >= 0.3 is 0 Å². The highest BCUT2D eigenvalue weighted by molar-refractivity contribution is 5.90. The highest BCUT2D eigenvalue weighted by Gasteiger charge is 2.27. The molecule has 6 heteroatoms. The highest BCUT2D eigenvalue weighted by atomic mass is 16.2. The van der Waals surface area contributed by atoms with Crippen molar-refractivity contribution in [2.75, 3.05) is 26.2 Å². The minimum absolute atomic E-state index is 0.0663. The van der Waals surface area contributed by atoms with E-state index in [2.05, 4.69) is 21.3 Å². The number of hydrogen-bond acceptors (Lipinski definition) is 4. The van der Waals surface area contributed by atoms with Gasteiger partial charge in [0.25, 0.3) is 0 Å². The summed E-state index contributed by atoms with van der Waals surface area (Å²) in [5, 5.41) is 11.8. The van der Waals surface area contributed by atoms with E-state index < -0.39 is 0 Å². The predicted molar refractivity (Wildman–Crippen MR) is 58.8 cm³/mol. The summed E-state index contributed by atoms with van der Waals surface area (Å²) >= 11 is 0. The molecule has 2 heterocycles. The quantitative estimate of drug-likeness (QED) is 0.436. The van der Waals surface area contributed by atoms with Gasteiger partial charge in [-0.25, -0.2) is 0 Å². The minimum Gasteiger partial charge on any atom is -0.354 e. The van der Waals surface area contributed by atoms with Gasteiger partial charge in [0.1, 0.15) is 6.04 Å². The molecule has 0 bridgehead atoms. The minimum atomic E-state index is -0.357. The van der Waals surface area contributed by atoms with Crippen LogP contribution in [0.3, 0.4) is 0 Å². The average Bonchev–Trinajstić information content (AvgIpc) is 2.33. The molecule has 0 spiro atoms. The fraction of sp³-hybridized carbons (Fsp3) is 0.800. The van der Waals surface area contributed by atoms with Gasteiger partial charge in [-0.15, -0.1) is 0 Å². The van der Waals surface area contributed by atoms with Gasteiger partial charge in [0, 0.05) is 26.2 Å². The highest BCUT2D eigenvalue weighted by Crippen LogP contribution is 2.03. The van der Waals surface area contributed by atoms with E-state index in [0.717, 1.165) is 25.9 Å². The molecule has 2 rings (SSSR count). The van der Waals surface area contributed by atoms with Crippen LogP contribution in [-0.4, -0.2) is 50.1 Å². The van der Waals surface area contributed by atoms with Gasteiger partial charge in [-0.2, -0.15) is 0 Å². The second-order valence-electron chi connectivity index (χ2n) is 4.21. The molecule has 1 unspecified atom stereocenters. The van der Waals surface area contributed by atoms with E-state index in [9.17, 15) is 9.59 Å². The van der Waals surface area contributed by atoms with Crippen LogP contribution in [0, 0.1) is 0 Å². The maximum Gasteiger partial charge on any atom is 0.242 e. The fourth-order valence-electron chi connectivity index (χ4n) is 2.02. The summed E-state index contributed by atoms with van der Waals surface area (Å²) in [4.78, 5) is 23.3. The number of rotatable bonds is 2. The second kappa shape index (κ2) is 5.27. The molecular weight excluding hydrogens is 208 g/mol. The Bertz CT molecular complexity index is 276. The molecule has 0 aromatic rings. The Morgan fingerprint density at radius 2 is 2.19 bits per heavy atom. The van der Waals surface area contributed by atoms with Crippen molar-refractivity contribution in [3.63, 3.8) is 0 Å². The van der Waals surface area contributed by atoms with E-state index in [4.69, 9.17) is 0 Å². The molecule has 0 aromatic carbocycles. The molecule has 0 saturated carbocycles. The molecule has 6 nitrogen and oxygen atoms in total. The van der Waals surface area contributed by atoms with E-state index >= 15 is 0 Å². The molecule has 2 aliphatic heterocycles. The molecule has 90 valence electrons. The summed E-state index contributed by atoms with van der Waals surface area (Å²) in [5.74, 6) is -0.155. The van der Waals surface area contributed by atoms with Crippen LogP contribution in [0.25, 0.3) is 0 Å². The zero-order chi connectivity index (χ0) is 11.4. The van der Waals surface area contributed by atoms with Crippen LogP contribution in [0.4, 0.5) is 0 Å². The van der Waals surface area contributed by atoms with Gasteiger partial charge in [0.05, 0.1) is 6.04 Å². The van der Waals surface area contributed by atoms with Crippen LogP contribution in [0.15, 0.2) is 0 Å². The third-order valence-corrected chi connectivity index (χ3v) is 2.96. The molecule has 2 saturated heterocycles. The first-order valence-corrected chi connectivity index (χ1v) is 5.79. The van der Waals surface area contributed by atoms with Crippen molar-refractivity contribution >= 4 is 11.8 Å². The van der Waals surface area contributed by atoms with Crippen molar-refractivity contribution in [3.05, 3.63) is 0 Å². The zero-order valence-electron chi connectivity index (χ0n) is 9.21. The predicted octanol–water partition coefficient (Wildman–Crippen LogP) is -2.06. The first kappa shape index (κ1) is 11.3. The van der Waals surface area contributed by atoms with Crippen LogP contribution in [0.1, 0.15) is 12.8 Å². The van der Waals surface area contributed by atoms with Gasteiger partial charge in [-0.3, -0.25) is 9.59 Å². The molecule has 0 aliphatic carbocycles. The molecular formula is C10H18N4O2. The van der Waals surface area contributed by atoms with Gasteiger partial charge in [-0.1, -0.05) is 0 Å². The standard InChI is InChI=1S/C10H18N4O2/c15-9-7(2-1-3-13-9)14-10(16)8-6-11-4-5-12-8/h7-8,11-12H,1-6H2,(H,13,15)(H,14,16)/t7-,8?/m0/s1. The number of amides is 2. The summed E-state index contributed by atoms with van der Waals surface area (Å²) in [7, 11) is 0. The molecule has 2 aliphatic rings. The monoisotopic (exact) mass is 226 g/mol. The van der Waals surface area contributed by atoms with Gasteiger partial charge in [-0.05, 0) is 12.8 Å². The molecule has 0 radical (unpaired) electrons. The lowest BCUT2D eigenvalue weighted by Crippen LogP contribution is -2.59. The number of nitrogens with one attached hydrogen (secondary N) is 4. The lowest BCUT2D eigenvalue weighted by molar-refractivity contribution is -0.131. The number of hydrogen-bond donors (Lipinski definition) is 4. The lowest BCUT2D eigenvalue weighted by atomic mass is 10.1. The van der Waals surface area contributed by atoms with Crippen molar-refractivity contribution in [2.45, 2.75) is 24.9 Å². The zero-order valence-corrected chi connectivity index (χ0v) is 9.21. The van der Waals surface area contributed by atoms with Gasteiger partial charge < -0.3 is 21.3 Å². The van der Waals surface area contributed by atoms with Crippen LogP contribution >= 0.6 is 0 Å². The number of piperazine rings is 1. The number of carbonyl (C=O) groups is 2. The SMILES string of the molecule is O=C(N[C@H]1CCCNC1=O)C1CNCCN1.